The molecule has 20 aromatic carbocycles. The minimum Gasteiger partial charge on any atom is -0.0619 e. The fourth-order valence-electron chi connectivity index (χ4n) is 23.0. The normalized spacial score (nSPS) is 13.5. The van der Waals surface area contributed by atoms with E-state index in [0.717, 1.165) is 64.2 Å². The second kappa shape index (κ2) is 26.6. The average Bonchev–Trinajstić information content (AvgIpc) is 1.59. The Balaban J connectivity index is 0.0000000811. The number of benzene rings is 20. The van der Waals surface area contributed by atoms with Gasteiger partial charge in [0.25, 0.3) is 0 Å². The molecule has 120 heavy (non-hydrogen) atoms. The molecule has 0 saturated heterocycles. The maximum atomic E-state index is 2.46. The van der Waals surface area contributed by atoms with E-state index in [2.05, 4.69) is 364 Å². The largest absolute Gasteiger partial charge is 0.0619 e. The summed E-state index contributed by atoms with van der Waals surface area (Å²) in [5.41, 5.74) is 58.6. The van der Waals surface area contributed by atoms with Crippen LogP contribution in [0.3, 0.4) is 0 Å². The zero-order chi connectivity index (χ0) is 78.4. The van der Waals surface area contributed by atoms with Gasteiger partial charge >= 0.3 is 0 Å². The molecule has 0 fully saturated rings. The molecule has 10 aliphatic rings. The Morgan fingerprint density at radius 3 is 0.892 bits per heavy atom. The minimum absolute atomic E-state index is 1.06. The molecule has 30 rings (SSSR count). The lowest BCUT2D eigenvalue weighted by molar-refractivity contribution is 1.21. The van der Waals surface area contributed by atoms with Gasteiger partial charge in [0.05, 0.1) is 0 Å². The molecule has 20 aromatic rings. The molecule has 0 spiro atoms. The summed E-state index contributed by atoms with van der Waals surface area (Å²) in [6.45, 7) is 0. The van der Waals surface area contributed by atoms with Gasteiger partial charge in [-0.25, -0.2) is 0 Å². The summed E-state index contributed by atoms with van der Waals surface area (Å²) in [6.07, 6.45) is 10.7. The lowest BCUT2D eigenvalue weighted by Gasteiger charge is -2.10. The molecule has 0 amide bonds. The standard InChI is InChI=1S/5C24H16/c1-4-8-21-15(5-1)9-10-17-12-19-13-18-11-16-6-2-3-7-20(16)22(18)14-23(19)24(17)21;1-3-7-19-15(5-1)9-10-21-23-14-22-17(12-18(23)13-24(19)21)11-16-6-2-4-8-20(16)22;1-3-7-19-15(5-1)9-10-18-14-22-21(23(18)19)12-11-17-13-16-6-2-4-8-20(16)24(17)22;1-2-6-16-13-22-18(9-15(16)5-1)11-20-12-19-10-17-7-3-4-8-21(17)23(19)14-24(20)22;1-2-6-16-13-22-19(11-15(16)5-1)14-23-21(22)10-9-18-12-17-7-3-4-8-20(17)24(18)23/h1-10,13-14H,11-12H2;1-10,12,14H,11,13H2;1-12H,13-14H2;1-9,12-14H,10-11H2;1-11,13H,12,14H2. The topological polar surface area (TPSA) is 0 Å². The van der Waals surface area contributed by atoms with E-state index in [-0.39, 0.29) is 0 Å². The molecule has 0 N–H and O–H groups in total. The molecular formula is C120H80. The van der Waals surface area contributed by atoms with Crippen LogP contribution in [0.4, 0.5) is 0 Å². The van der Waals surface area contributed by atoms with Crippen molar-refractivity contribution in [1.82, 2.24) is 0 Å². The van der Waals surface area contributed by atoms with E-state index in [1.807, 2.05) is 0 Å². The summed E-state index contributed by atoms with van der Waals surface area (Å²) in [6, 6.07) is 135. The van der Waals surface area contributed by atoms with Gasteiger partial charge < -0.3 is 0 Å². The van der Waals surface area contributed by atoms with Gasteiger partial charge in [0.2, 0.25) is 0 Å². The second-order valence-corrected chi connectivity index (χ2v) is 35.0. The van der Waals surface area contributed by atoms with Crippen molar-refractivity contribution >= 4 is 53.9 Å². The van der Waals surface area contributed by atoms with Crippen molar-refractivity contribution in [3.63, 3.8) is 0 Å². The fraction of sp³-hybridized carbons (Fsp3) is 0.0833. The third-order valence-electron chi connectivity index (χ3n) is 28.5. The highest BCUT2D eigenvalue weighted by Crippen LogP contribution is 2.54. The van der Waals surface area contributed by atoms with E-state index in [1.54, 1.807) is 0 Å². The lowest BCUT2D eigenvalue weighted by Crippen LogP contribution is -1.88. The third-order valence-corrected chi connectivity index (χ3v) is 28.5. The molecule has 0 bridgehead atoms. The van der Waals surface area contributed by atoms with Crippen molar-refractivity contribution in [2.24, 2.45) is 0 Å². The Labute approximate surface area is 699 Å². The smallest absolute Gasteiger partial charge is 0.000695 e. The molecule has 560 valence electrons. The first-order valence-corrected chi connectivity index (χ1v) is 43.2. The Bertz CT molecular complexity index is 7770. The summed E-state index contributed by atoms with van der Waals surface area (Å²) in [5, 5.41) is 13.6. The van der Waals surface area contributed by atoms with Crippen LogP contribution in [-0.2, 0) is 64.2 Å². The molecule has 0 heterocycles. The Kier molecular flexibility index (Phi) is 15.0. The molecule has 0 aliphatic heterocycles. The Hall–Kier alpha value is -14.3. The van der Waals surface area contributed by atoms with Gasteiger partial charge in [0.1, 0.15) is 0 Å². The third kappa shape index (κ3) is 10.6. The van der Waals surface area contributed by atoms with Crippen molar-refractivity contribution in [1.29, 1.82) is 0 Å². The quantitative estimate of drug-likeness (QED) is 0.142. The summed E-state index contributed by atoms with van der Waals surface area (Å²) in [4.78, 5) is 0. The van der Waals surface area contributed by atoms with Gasteiger partial charge in [-0.2, -0.15) is 0 Å². The van der Waals surface area contributed by atoms with E-state index < -0.39 is 0 Å². The van der Waals surface area contributed by atoms with Crippen molar-refractivity contribution in [2.75, 3.05) is 0 Å². The van der Waals surface area contributed by atoms with Gasteiger partial charge in [-0.05, 0) is 371 Å². The van der Waals surface area contributed by atoms with Crippen LogP contribution < -0.4 is 0 Å². The molecular weight excluding hydrogens is 1440 g/mol. The molecule has 0 atom stereocenters. The highest BCUT2D eigenvalue weighted by Gasteiger charge is 2.34. The Morgan fingerprint density at radius 1 is 0.108 bits per heavy atom. The highest BCUT2D eigenvalue weighted by atomic mass is 14.4. The molecule has 0 radical (unpaired) electrons. The van der Waals surface area contributed by atoms with E-state index in [1.165, 1.54) is 276 Å². The first kappa shape index (κ1) is 67.8. The maximum Gasteiger partial charge on any atom is -0.000695 e. The molecule has 0 heteroatoms. The predicted octanol–water partition coefficient (Wildman–Crippen LogP) is 29.9. The number of fused-ring (bicyclic) bond motifs is 40. The average molecular weight is 1520 g/mol. The molecule has 0 saturated carbocycles. The molecule has 0 aromatic heterocycles. The van der Waals surface area contributed by atoms with E-state index in [9.17, 15) is 0 Å². The number of hydrogen-bond acceptors (Lipinski definition) is 0. The number of rotatable bonds is 0. The molecule has 10 aliphatic carbocycles. The van der Waals surface area contributed by atoms with E-state index >= 15 is 0 Å². The zero-order valence-electron chi connectivity index (χ0n) is 66.7. The van der Waals surface area contributed by atoms with Crippen LogP contribution in [-0.4, -0.2) is 0 Å². The molecule has 0 nitrogen and oxygen atoms in total. The predicted molar refractivity (Wildman–Crippen MR) is 502 cm³/mol. The SMILES string of the molecule is c1ccc2c(c1)Cc1cc3c(cc1-2)-c1c(ccc2ccccc12)C3.c1ccc2c(c1)Cc1cc3c(cc1-2)-c1cc2ccccc2cc1C3.c1ccc2c(c1)Cc1cc3c(cc1-2)-c1ccc2ccccc2c1C3.c1ccc2c(c1)Cc1ccc3c(c1-2)Cc1cc2ccccc2cc1-3.c1ccc2c(c1)Cc1ccc3c(c1-2)Cc1ccc2ccccc2c1-3. The van der Waals surface area contributed by atoms with Crippen molar-refractivity contribution in [3.05, 3.63) is 475 Å². The van der Waals surface area contributed by atoms with Gasteiger partial charge in [-0.1, -0.05) is 334 Å². The van der Waals surface area contributed by atoms with Gasteiger partial charge in [0.15, 0.2) is 0 Å². The summed E-state index contributed by atoms with van der Waals surface area (Å²) >= 11 is 0. The van der Waals surface area contributed by atoms with Crippen LogP contribution in [0.2, 0.25) is 0 Å². The number of hydrogen-bond donors (Lipinski definition) is 0. The lowest BCUT2D eigenvalue weighted by atomic mass is 9.94. The van der Waals surface area contributed by atoms with E-state index in [0.29, 0.717) is 0 Å². The van der Waals surface area contributed by atoms with Gasteiger partial charge in [-0.3, -0.25) is 0 Å². The first-order chi connectivity index (χ1) is 59.4. The fourth-order valence-corrected chi connectivity index (χ4v) is 23.0. The maximum absolute atomic E-state index is 2.46. The van der Waals surface area contributed by atoms with Crippen LogP contribution in [0.15, 0.2) is 364 Å². The monoisotopic (exact) mass is 1520 g/mol. The summed E-state index contributed by atoms with van der Waals surface area (Å²) < 4.78 is 0. The van der Waals surface area contributed by atoms with Crippen molar-refractivity contribution < 1.29 is 0 Å². The highest BCUT2D eigenvalue weighted by molar-refractivity contribution is 6.06. The van der Waals surface area contributed by atoms with Crippen LogP contribution in [0, 0.1) is 0 Å². The van der Waals surface area contributed by atoms with Crippen molar-refractivity contribution in [3.8, 4) is 111 Å². The first-order valence-electron chi connectivity index (χ1n) is 43.2. The summed E-state index contributed by atoms with van der Waals surface area (Å²) in [7, 11) is 0. The van der Waals surface area contributed by atoms with Gasteiger partial charge in [-0.15, -0.1) is 0 Å². The van der Waals surface area contributed by atoms with Crippen molar-refractivity contribution in [2.45, 2.75) is 64.2 Å². The van der Waals surface area contributed by atoms with Crippen LogP contribution in [0.1, 0.15) is 111 Å². The summed E-state index contributed by atoms with van der Waals surface area (Å²) in [5.74, 6) is 0. The van der Waals surface area contributed by atoms with Crippen LogP contribution in [0.25, 0.3) is 165 Å². The minimum atomic E-state index is 1.06. The van der Waals surface area contributed by atoms with Gasteiger partial charge in [0, 0.05) is 0 Å². The van der Waals surface area contributed by atoms with E-state index in [4.69, 9.17) is 0 Å². The van der Waals surface area contributed by atoms with Crippen LogP contribution >= 0.6 is 0 Å². The Morgan fingerprint density at radius 2 is 0.367 bits per heavy atom. The van der Waals surface area contributed by atoms with Crippen LogP contribution in [0.5, 0.6) is 0 Å². The second-order valence-electron chi connectivity index (χ2n) is 35.0. The zero-order valence-corrected chi connectivity index (χ0v) is 66.7. The molecule has 0 unspecified atom stereocenters.